The molecule has 0 aliphatic heterocycles. The zero-order valence-electron chi connectivity index (χ0n) is 14.0. The zero-order valence-corrected chi connectivity index (χ0v) is 14.0. The van der Waals surface area contributed by atoms with Crippen molar-refractivity contribution in [1.29, 1.82) is 0 Å². The molecule has 0 amide bonds. The second-order valence-corrected chi connectivity index (χ2v) is 5.63. The quantitative estimate of drug-likeness (QED) is 0.222. The summed E-state index contributed by atoms with van der Waals surface area (Å²) < 4.78 is 231. The average molecular weight is 522 g/mol. The summed E-state index contributed by atoms with van der Waals surface area (Å²) >= 11 is 0. The number of carbonyl (C=O) groups is 1. The van der Waals surface area contributed by atoms with Crippen LogP contribution in [0.5, 0.6) is 0 Å². The van der Waals surface area contributed by atoms with Gasteiger partial charge in [-0.2, -0.15) is 79.0 Å². The first-order chi connectivity index (χ1) is 13.5. The lowest BCUT2D eigenvalue weighted by molar-refractivity contribution is -0.453. The van der Waals surface area contributed by atoms with Gasteiger partial charge in [-0.1, -0.05) is 6.58 Å². The van der Waals surface area contributed by atoms with Crippen LogP contribution in [0.25, 0.3) is 0 Å². The highest BCUT2D eigenvalue weighted by molar-refractivity contribution is 5.89. The summed E-state index contributed by atoms with van der Waals surface area (Å²) in [5, 5.41) is 0. The van der Waals surface area contributed by atoms with Crippen molar-refractivity contribution < 1.29 is 88.6 Å². The molecule has 0 saturated carbocycles. The highest BCUT2D eigenvalue weighted by atomic mass is 19.4. The molecule has 20 heteroatoms. The van der Waals surface area contributed by atoms with Gasteiger partial charge >= 0.3 is 53.9 Å². The smallest absolute Gasteiger partial charge is 0.455 e. The summed E-state index contributed by atoms with van der Waals surface area (Å²) in [5.74, 6) is -51.7. The van der Waals surface area contributed by atoms with E-state index in [9.17, 15) is 83.8 Å². The predicted octanol–water partition coefficient (Wildman–Crippen LogP) is 6.02. The van der Waals surface area contributed by atoms with E-state index in [1.165, 1.54) is 0 Å². The molecule has 0 aromatic heterocycles. The van der Waals surface area contributed by atoms with Crippen LogP contribution in [0.4, 0.5) is 79.0 Å². The molecule has 0 aliphatic rings. The summed E-state index contributed by atoms with van der Waals surface area (Å²) in [4.78, 5) is 10.7. The number of ether oxygens (including phenoxy) is 1. The summed E-state index contributed by atoms with van der Waals surface area (Å²) in [7, 11) is 0. The first kappa shape index (κ1) is 29.9. The van der Waals surface area contributed by atoms with Crippen LogP contribution in [0.3, 0.4) is 0 Å². The fourth-order valence-corrected chi connectivity index (χ4v) is 1.45. The summed E-state index contributed by atoms with van der Waals surface area (Å²) in [6.07, 6.45) is -13.6. The molecule has 0 radical (unpaired) electrons. The maximum Gasteiger partial charge on any atom is 0.460 e. The fourth-order valence-electron chi connectivity index (χ4n) is 1.45. The molecule has 0 heterocycles. The first-order valence-corrected chi connectivity index (χ1v) is 6.81. The second kappa shape index (κ2) is 7.77. The molecule has 0 unspecified atom stereocenters. The van der Waals surface area contributed by atoms with Crippen molar-refractivity contribution in [2.45, 2.75) is 47.9 Å². The lowest BCUT2D eigenvalue weighted by Gasteiger charge is -2.41. The predicted molar refractivity (Wildman–Crippen MR) is 61.9 cm³/mol. The average Bonchev–Trinajstić information content (AvgIpc) is 2.56. The Kier molecular flexibility index (Phi) is 7.27. The first-order valence-electron chi connectivity index (χ1n) is 6.81. The summed E-state index contributed by atoms with van der Waals surface area (Å²) in [5.41, 5.74) is -2.73. The number of hydrogen-bond donors (Lipinski definition) is 0. The minimum atomic E-state index is -8.56. The largest absolute Gasteiger partial charge is 0.460 e. The molecule has 0 aliphatic carbocycles. The van der Waals surface area contributed by atoms with Gasteiger partial charge in [0.05, 0.1) is 0 Å². The Morgan fingerprint density at radius 3 is 1.19 bits per heavy atom. The number of hydrogen-bond acceptors (Lipinski definition) is 2. The molecule has 2 nitrogen and oxygen atoms in total. The van der Waals surface area contributed by atoms with Crippen LogP contribution >= 0.6 is 0 Å². The Morgan fingerprint density at radius 2 is 0.875 bits per heavy atom. The number of esters is 1. The van der Waals surface area contributed by atoms with E-state index in [1.807, 2.05) is 6.58 Å². The van der Waals surface area contributed by atoms with Gasteiger partial charge in [-0.15, -0.1) is 0 Å². The van der Waals surface area contributed by atoms with E-state index in [2.05, 4.69) is 4.74 Å². The van der Waals surface area contributed by atoms with Crippen LogP contribution in [-0.4, -0.2) is 60.5 Å². The molecule has 0 aromatic carbocycles. The van der Waals surface area contributed by atoms with Gasteiger partial charge in [-0.3, -0.25) is 0 Å². The standard InChI is InChI=1S/C12H4F18O2/c1-3(6(15,16)17)4(31)32-2-5(13,14)7(18,19)8(20,21)9(22,23)10(24,25)11(26,27)12(28,29)30/h1-2H2. The van der Waals surface area contributed by atoms with E-state index in [4.69, 9.17) is 0 Å². The van der Waals surface area contributed by atoms with Crippen molar-refractivity contribution in [2.75, 3.05) is 6.61 Å². The third-order valence-corrected chi connectivity index (χ3v) is 3.37. The minimum absolute atomic E-state index is 1.87. The van der Waals surface area contributed by atoms with Crippen LogP contribution in [-0.2, 0) is 9.53 Å². The van der Waals surface area contributed by atoms with Gasteiger partial charge in [0.1, 0.15) is 5.57 Å². The van der Waals surface area contributed by atoms with Gasteiger partial charge in [0.2, 0.25) is 0 Å². The SMILES string of the molecule is C=C(C(=O)OCC(F)(F)C(F)(F)C(F)(F)C(F)(F)C(F)(F)C(F)(F)C(F)(F)F)C(F)(F)F. The van der Waals surface area contributed by atoms with Gasteiger partial charge in [0.25, 0.3) is 0 Å². The minimum Gasteiger partial charge on any atom is -0.455 e. The van der Waals surface area contributed by atoms with E-state index >= 15 is 0 Å². The van der Waals surface area contributed by atoms with E-state index in [-0.39, 0.29) is 0 Å². The maximum atomic E-state index is 13.3. The third-order valence-electron chi connectivity index (χ3n) is 3.37. The lowest BCUT2D eigenvalue weighted by Crippen LogP contribution is -2.73. The van der Waals surface area contributed by atoms with Crippen molar-refractivity contribution in [1.82, 2.24) is 0 Å². The third kappa shape index (κ3) is 4.40. The Bertz CT molecular complexity index is 727. The van der Waals surface area contributed by atoms with Gasteiger partial charge in [0, 0.05) is 0 Å². The van der Waals surface area contributed by atoms with Crippen molar-refractivity contribution in [2.24, 2.45) is 0 Å². The molecule has 0 saturated heterocycles. The monoisotopic (exact) mass is 522 g/mol. The van der Waals surface area contributed by atoms with Crippen molar-refractivity contribution >= 4 is 5.97 Å². The maximum absolute atomic E-state index is 13.3. The topological polar surface area (TPSA) is 26.3 Å². The molecule has 0 spiro atoms. The van der Waals surface area contributed by atoms with E-state index in [1.54, 1.807) is 0 Å². The molecule has 190 valence electrons. The number of halogens is 18. The molecule has 0 rings (SSSR count). The molecular weight excluding hydrogens is 518 g/mol. The normalized spacial score (nSPS) is 15.6. The highest BCUT2D eigenvalue weighted by Crippen LogP contribution is 2.62. The number of rotatable bonds is 8. The molecule has 32 heavy (non-hydrogen) atoms. The highest BCUT2D eigenvalue weighted by Gasteiger charge is 2.93. The van der Waals surface area contributed by atoms with Gasteiger partial charge in [-0.25, -0.2) is 4.79 Å². The zero-order chi connectivity index (χ0) is 26.6. The van der Waals surface area contributed by atoms with Crippen LogP contribution in [0.1, 0.15) is 0 Å². The van der Waals surface area contributed by atoms with E-state index in [0.29, 0.717) is 0 Å². The Balaban J connectivity index is 6.21. The fraction of sp³-hybridized carbons (Fsp3) is 0.750. The van der Waals surface area contributed by atoms with Crippen molar-refractivity contribution in [3.63, 3.8) is 0 Å². The second-order valence-electron chi connectivity index (χ2n) is 5.63. The van der Waals surface area contributed by atoms with E-state index in [0.717, 1.165) is 0 Å². The Morgan fingerprint density at radius 1 is 0.562 bits per heavy atom. The van der Waals surface area contributed by atoms with Crippen LogP contribution in [0, 0.1) is 0 Å². The van der Waals surface area contributed by atoms with Crippen LogP contribution < -0.4 is 0 Å². The van der Waals surface area contributed by atoms with Crippen molar-refractivity contribution in [3.8, 4) is 0 Å². The van der Waals surface area contributed by atoms with Crippen molar-refractivity contribution in [3.05, 3.63) is 12.2 Å². The summed E-state index contributed by atoms with van der Waals surface area (Å²) in [6, 6.07) is 0. The lowest BCUT2D eigenvalue weighted by atomic mass is 9.91. The van der Waals surface area contributed by atoms with Gasteiger partial charge in [-0.05, 0) is 0 Å². The van der Waals surface area contributed by atoms with E-state index < -0.39 is 66.0 Å². The molecule has 0 atom stereocenters. The van der Waals surface area contributed by atoms with Gasteiger partial charge in [0.15, 0.2) is 6.61 Å². The Labute approximate surface area is 162 Å². The Hall–Kier alpha value is -2.05. The van der Waals surface area contributed by atoms with Gasteiger partial charge < -0.3 is 4.74 Å². The molecule has 0 bridgehead atoms. The molecule has 0 aromatic rings. The van der Waals surface area contributed by atoms with Crippen LogP contribution in [0.15, 0.2) is 12.2 Å². The van der Waals surface area contributed by atoms with Crippen LogP contribution in [0.2, 0.25) is 0 Å². The molecule has 0 fully saturated rings. The molecule has 0 N–H and O–H groups in total. The summed E-state index contributed by atoms with van der Waals surface area (Å²) in [6.45, 7) is -1.81. The number of alkyl halides is 18. The number of carbonyl (C=O) groups excluding carboxylic acids is 1. The molecular formula is C12H4F18O2.